The van der Waals surface area contributed by atoms with E-state index in [0.717, 1.165) is 15.9 Å². The smallest absolute Gasteiger partial charge is 0.156 e. The van der Waals surface area contributed by atoms with Crippen molar-refractivity contribution < 1.29 is 4.79 Å². The summed E-state index contributed by atoms with van der Waals surface area (Å²) in [6.07, 6.45) is 0.488. The molecule has 0 N–H and O–H groups in total. The minimum absolute atomic E-state index is 0.154. The van der Waals surface area contributed by atoms with Crippen molar-refractivity contribution in [2.24, 2.45) is 0 Å². The maximum absolute atomic E-state index is 12.6. The number of hydrogen-bond acceptors (Lipinski definition) is 1. The van der Waals surface area contributed by atoms with Crippen LogP contribution in [-0.2, 0) is 4.79 Å². The number of carbonyl (C=O) groups is 1. The third-order valence-electron chi connectivity index (χ3n) is 4.23. The van der Waals surface area contributed by atoms with Crippen LogP contribution >= 0.6 is 18.5 Å². The number of rotatable bonds is 5. The van der Waals surface area contributed by atoms with Gasteiger partial charge in [-0.05, 0) is 40.7 Å². The van der Waals surface area contributed by atoms with Crippen LogP contribution in [0.4, 0.5) is 0 Å². The summed E-state index contributed by atoms with van der Waals surface area (Å²) in [5.41, 5.74) is 0. The summed E-state index contributed by atoms with van der Waals surface area (Å²) in [6.45, 7) is -0.308. The highest BCUT2D eigenvalue weighted by molar-refractivity contribution is 7.95. The average Bonchev–Trinajstić information content (AvgIpc) is 2.67. The molecule has 3 heteroatoms. The third-order valence-corrected chi connectivity index (χ3v) is 8.46. The first-order valence-corrected chi connectivity index (χ1v) is 10.6. The van der Waals surface area contributed by atoms with E-state index in [1.54, 1.807) is 0 Å². The molecule has 0 radical (unpaired) electrons. The maximum Gasteiger partial charge on any atom is 0.156 e. The minimum atomic E-state index is -2.21. The Balaban J connectivity index is 2.44. The van der Waals surface area contributed by atoms with Crippen LogP contribution in [0.3, 0.4) is 0 Å². The van der Waals surface area contributed by atoms with Gasteiger partial charge in [0.2, 0.25) is 0 Å². The lowest BCUT2D eigenvalue weighted by Crippen LogP contribution is -2.28. The number of halogens is 1. The molecule has 0 atom stereocenters. The number of Topliss-reactive ketones (excluding diaryl/α,β-unsaturated/α-hetero) is 1. The van der Waals surface area contributed by atoms with E-state index in [2.05, 4.69) is 30.3 Å². The predicted octanol–water partition coefficient (Wildman–Crippen LogP) is 4.42. The van der Waals surface area contributed by atoms with Crippen molar-refractivity contribution in [1.29, 1.82) is 0 Å². The quantitative estimate of drug-likeness (QED) is 0.611. The zero-order chi connectivity index (χ0) is 17.7. The Morgan fingerprint density at radius 1 is 0.840 bits per heavy atom. The van der Waals surface area contributed by atoms with Gasteiger partial charge in [0.1, 0.15) is 0 Å². The topological polar surface area (TPSA) is 17.1 Å². The standard InChI is InChI=1S/C22H20ClOP/c1-2-19(24)17-25(20-11-5-3-6-12-20,21-13-7-4-8-14-21)22-15-9-10-18(23)16-22/h3-17H,2H2,1H3. The van der Waals surface area contributed by atoms with Crippen LogP contribution in [0.25, 0.3) is 0 Å². The fraction of sp³-hybridized carbons (Fsp3) is 0.0909. The Morgan fingerprint density at radius 2 is 1.36 bits per heavy atom. The highest BCUT2D eigenvalue weighted by atomic mass is 35.5. The molecular weight excluding hydrogens is 347 g/mol. The summed E-state index contributed by atoms with van der Waals surface area (Å²) >= 11 is 6.32. The molecule has 0 aliphatic rings. The first kappa shape index (κ1) is 17.7. The Bertz CT molecular complexity index is 874. The number of ketones is 1. The lowest BCUT2D eigenvalue weighted by atomic mass is 10.3. The molecule has 0 amide bonds. The van der Waals surface area contributed by atoms with Crippen LogP contribution in [0.1, 0.15) is 13.3 Å². The summed E-state index contributed by atoms with van der Waals surface area (Å²) in [6, 6.07) is 28.5. The second-order valence-electron chi connectivity index (χ2n) is 5.82. The van der Waals surface area contributed by atoms with Crippen molar-refractivity contribution in [3.8, 4) is 0 Å². The maximum atomic E-state index is 12.6. The Hall–Kier alpha value is -2.08. The fourth-order valence-electron chi connectivity index (χ4n) is 3.00. The second-order valence-corrected chi connectivity index (χ2v) is 9.51. The zero-order valence-electron chi connectivity index (χ0n) is 14.1. The molecule has 3 aromatic rings. The number of hydrogen-bond donors (Lipinski definition) is 0. The van der Waals surface area contributed by atoms with Crippen molar-refractivity contribution in [3.05, 3.63) is 90.0 Å². The zero-order valence-corrected chi connectivity index (χ0v) is 15.8. The molecule has 126 valence electrons. The van der Waals surface area contributed by atoms with Crippen LogP contribution in [0.15, 0.2) is 84.9 Å². The van der Waals surface area contributed by atoms with Gasteiger partial charge < -0.3 is 0 Å². The van der Waals surface area contributed by atoms with Crippen molar-refractivity contribution in [2.75, 3.05) is 0 Å². The van der Waals surface area contributed by atoms with Crippen LogP contribution < -0.4 is 15.9 Å². The van der Waals surface area contributed by atoms with Gasteiger partial charge in [-0.15, -0.1) is 0 Å². The van der Waals surface area contributed by atoms with Crippen molar-refractivity contribution >= 4 is 46.0 Å². The van der Waals surface area contributed by atoms with Gasteiger partial charge in [-0.25, -0.2) is 0 Å². The molecule has 0 heterocycles. The van der Waals surface area contributed by atoms with Gasteiger partial charge in [0.15, 0.2) is 5.78 Å². The molecule has 0 aromatic heterocycles. The molecule has 25 heavy (non-hydrogen) atoms. The molecule has 0 unspecified atom stereocenters. The van der Waals surface area contributed by atoms with Crippen molar-refractivity contribution in [1.82, 2.24) is 0 Å². The van der Waals surface area contributed by atoms with E-state index in [-0.39, 0.29) is 5.78 Å². The summed E-state index contributed by atoms with van der Waals surface area (Å²) in [4.78, 5) is 12.6. The van der Waals surface area contributed by atoms with Gasteiger partial charge in [0, 0.05) is 11.4 Å². The van der Waals surface area contributed by atoms with Gasteiger partial charge in [0.05, 0.1) is 0 Å². The van der Waals surface area contributed by atoms with Crippen LogP contribution in [0.5, 0.6) is 0 Å². The lowest BCUT2D eigenvalue weighted by Gasteiger charge is -2.28. The molecule has 0 saturated carbocycles. The van der Waals surface area contributed by atoms with E-state index in [4.69, 9.17) is 11.6 Å². The van der Waals surface area contributed by atoms with E-state index in [1.165, 1.54) is 0 Å². The largest absolute Gasteiger partial charge is 0.295 e. The average molecular weight is 367 g/mol. The van der Waals surface area contributed by atoms with Crippen LogP contribution in [0, 0.1) is 0 Å². The summed E-state index contributed by atoms with van der Waals surface area (Å²) in [5.74, 6) is 2.10. The lowest BCUT2D eigenvalue weighted by molar-refractivity contribution is -0.112. The minimum Gasteiger partial charge on any atom is -0.295 e. The Labute approximate surface area is 154 Å². The van der Waals surface area contributed by atoms with Gasteiger partial charge in [-0.2, -0.15) is 0 Å². The van der Waals surface area contributed by atoms with Gasteiger partial charge in [0.25, 0.3) is 0 Å². The highest BCUT2D eigenvalue weighted by Gasteiger charge is 2.26. The molecule has 0 saturated heterocycles. The van der Waals surface area contributed by atoms with Crippen LogP contribution in [0.2, 0.25) is 5.02 Å². The molecule has 0 bridgehead atoms. The third kappa shape index (κ3) is 3.63. The van der Waals surface area contributed by atoms with Gasteiger partial charge in [-0.3, -0.25) is 4.79 Å². The Kier molecular flexibility index (Phi) is 5.58. The second kappa shape index (κ2) is 7.87. The molecule has 0 fully saturated rings. The first-order valence-electron chi connectivity index (χ1n) is 8.31. The van der Waals surface area contributed by atoms with Gasteiger partial charge >= 0.3 is 0 Å². The normalized spacial score (nSPS) is 11.1. The number of carbonyl (C=O) groups excluding carboxylic acids is 1. The van der Waals surface area contributed by atoms with Gasteiger partial charge in [-0.1, -0.05) is 91.3 Å². The predicted molar refractivity (Wildman–Crippen MR) is 112 cm³/mol. The molecule has 0 spiro atoms. The molecule has 0 aliphatic heterocycles. The monoisotopic (exact) mass is 366 g/mol. The van der Waals surface area contributed by atoms with E-state index in [0.29, 0.717) is 11.4 Å². The molecule has 0 aliphatic carbocycles. The first-order chi connectivity index (χ1) is 12.2. The highest BCUT2D eigenvalue weighted by Crippen LogP contribution is 2.44. The fourth-order valence-corrected chi connectivity index (χ4v) is 7.17. The van der Waals surface area contributed by atoms with Crippen LogP contribution in [-0.4, -0.2) is 11.6 Å². The van der Waals surface area contributed by atoms with Crippen molar-refractivity contribution in [3.63, 3.8) is 0 Å². The van der Waals surface area contributed by atoms with E-state index >= 15 is 0 Å². The molecule has 3 aromatic carbocycles. The van der Waals surface area contributed by atoms with E-state index < -0.39 is 6.89 Å². The van der Waals surface area contributed by atoms with E-state index in [1.807, 2.05) is 67.3 Å². The summed E-state index contributed by atoms with van der Waals surface area (Å²) in [7, 11) is 0. The molecular formula is C22H20ClOP. The Morgan fingerprint density at radius 3 is 1.84 bits per heavy atom. The van der Waals surface area contributed by atoms with Crippen molar-refractivity contribution in [2.45, 2.75) is 13.3 Å². The SMILES string of the molecule is CCC(=O)C=P(c1ccccc1)(c1ccccc1)c1cccc(Cl)c1. The van der Waals surface area contributed by atoms with E-state index in [9.17, 15) is 4.79 Å². The summed E-state index contributed by atoms with van der Waals surface area (Å²) < 4.78 is 0. The number of benzene rings is 3. The summed E-state index contributed by atoms with van der Waals surface area (Å²) in [5, 5.41) is 4.10. The molecule has 3 rings (SSSR count). The molecule has 1 nitrogen and oxygen atoms in total.